The number of allylic oxidation sites excluding steroid dienone is 3. The zero-order chi connectivity index (χ0) is 13.5. The van der Waals surface area contributed by atoms with Gasteiger partial charge >= 0.3 is 0 Å². The Balaban J connectivity index is 1.95. The molecule has 1 N–H and O–H groups in total. The second-order valence-electron chi connectivity index (χ2n) is 4.81. The van der Waals surface area contributed by atoms with Gasteiger partial charge in [-0.25, -0.2) is 9.98 Å². The Kier molecular flexibility index (Phi) is 2.32. The van der Waals surface area contributed by atoms with E-state index in [1.54, 1.807) is 6.07 Å². The van der Waals surface area contributed by atoms with E-state index in [4.69, 9.17) is 0 Å². The number of aromatic nitrogens is 1. The third-order valence-electron chi connectivity index (χ3n) is 3.60. The fourth-order valence-electron chi connectivity index (χ4n) is 2.73. The number of rotatable bonds is 0. The van der Waals surface area contributed by atoms with E-state index < -0.39 is 0 Å². The van der Waals surface area contributed by atoms with Crippen molar-refractivity contribution in [1.29, 1.82) is 0 Å². The topological polar surface area (TPSA) is 57.6 Å². The lowest BCUT2D eigenvalue weighted by Crippen LogP contribution is -2.24. The highest BCUT2D eigenvalue weighted by Gasteiger charge is 2.29. The molecule has 1 aromatic heterocycles. The fraction of sp³-hybridized carbons (Fsp3) is 0.133. The van der Waals surface area contributed by atoms with Crippen molar-refractivity contribution in [3.05, 3.63) is 69.7 Å². The summed E-state index contributed by atoms with van der Waals surface area (Å²) in [5, 5.41) is 3.01. The van der Waals surface area contributed by atoms with Crippen LogP contribution in [0.5, 0.6) is 0 Å². The SMILES string of the molecule is O=c1ccc2c3c(n1)CCN3C(=C1C=CNC=C1)N=C2. The quantitative estimate of drug-likeness (QED) is 0.762. The van der Waals surface area contributed by atoms with Crippen LogP contribution in [0.15, 0.2) is 57.9 Å². The summed E-state index contributed by atoms with van der Waals surface area (Å²) >= 11 is 0. The monoisotopic (exact) mass is 264 g/mol. The van der Waals surface area contributed by atoms with E-state index in [0.717, 1.165) is 41.3 Å². The lowest BCUT2D eigenvalue weighted by atomic mass is 10.1. The molecule has 0 unspecified atom stereocenters. The van der Waals surface area contributed by atoms with Gasteiger partial charge in [-0.15, -0.1) is 0 Å². The third-order valence-corrected chi connectivity index (χ3v) is 3.60. The Bertz CT molecular complexity index is 760. The number of nitrogens with zero attached hydrogens (tertiary/aromatic N) is 3. The first kappa shape index (κ1) is 11.2. The van der Waals surface area contributed by atoms with Gasteiger partial charge in [-0.05, 0) is 18.2 Å². The molecule has 20 heavy (non-hydrogen) atoms. The molecule has 98 valence electrons. The summed E-state index contributed by atoms with van der Waals surface area (Å²) in [6.45, 7) is 0.810. The molecule has 0 amide bonds. The van der Waals surface area contributed by atoms with Gasteiger partial charge in [0, 0.05) is 48.8 Å². The predicted molar refractivity (Wildman–Crippen MR) is 77.6 cm³/mol. The average molecular weight is 264 g/mol. The molecule has 3 aliphatic heterocycles. The van der Waals surface area contributed by atoms with Crippen molar-refractivity contribution in [3.8, 4) is 0 Å². The van der Waals surface area contributed by atoms with E-state index in [9.17, 15) is 4.79 Å². The van der Waals surface area contributed by atoms with Gasteiger partial charge in [-0.1, -0.05) is 0 Å². The summed E-state index contributed by atoms with van der Waals surface area (Å²) in [5.41, 5.74) is 3.69. The van der Waals surface area contributed by atoms with Gasteiger partial charge < -0.3 is 10.2 Å². The molecule has 4 heterocycles. The third kappa shape index (κ3) is 1.60. The highest BCUT2D eigenvalue weighted by atomic mass is 16.1. The van der Waals surface area contributed by atoms with Crippen molar-refractivity contribution in [2.24, 2.45) is 4.99 Å². The van der Waals surface area contributed by atoms with Crippen molar-refractivity contribution >= 4 is 11.9 Å². The van der Waals surface area contributed by atoms with E-state index in [2.05, 4.69) is 20.2 Å². The summed E-state index contributed by atoms with van der Waals surface area (Å²) in [7, 11) is 0. The Hall–Kier alpha value is -2.69. The molecule has 5 nitrogen and oxygen atoms in total. The van der Waals surface area contributed by atoms with Crippen LogP contribution in [0.3, 0.4) is 0 Å². The van der Waals surface area contributed by atoms with Crippen LogP contribution >= 0.6 is 0 Å². The molecular weight excluding hydrogens is 252 g/mol. The first-order valence-electron chi connectivity index (χ1n) is 6.52. The molecule has 0 spiro atoms. The molecule has 0 bridgehead atoms. The van der Waals surface area contributed by atoms with Gasteiger partial charge in [0.25, 0.3) is 5.56 Å². The molecule has 0 atom stereocenters. The van der Waals surface area contributed by atoms with E-state index >= 15 is 0 Å². The Labute approximate surface area is 115 Å². The van der Waals surface area contributed by atoms with Crippen LogP contribution in [0.1, 0.15) is 11.3 Å². The molecule has 0 aliphatic carbocycles. The largest absolute Gasteiger partial charge is 0.368 e. The first-order valence-corrected chi connectivity index (χ1v) is 6.52. The minimum Gasteiger partial charge on any atom is -0.368 e. The standard InChI is InChI=1S/C15H12N4O/c20-13-2-1-11-9-17-15(10-3-6-16-7-4-10)19-8-5-12(18-13)14(11)19/h1-4,6-7,9,16H,5,8H2. The van der Waals surface area contributed by atoms with Crippen LogP contribution in [-0.4, -0.2) is 17.7 Å². The second-order valence-corrected chi connectivity index (χ2v) is 4.81. The highest BCUT2D eigenvalue weighted by molar-refractivity contribution is 5.93. The maximum atomic E-state index is 11.6. The number of dihydropyridines is 1. The molecule has 0 fully saturated rings. The summed E-state index contributed by atoms with van der Waals surface area (Å²) < 4.78 is 0. The van der Waals surface area contributed by atoms with E-state index in [0.29, 0.717) is 0 Å². The summed E-state index contributed by atoms with van der Waals surface area (Å²) in [5.74, 6) is 0.908. The average Bonchev–Trinajstić information content (AvgIpc) is 2.82. The number of aliphatic imine (C=N–C) groups is 1. The zero-order valence-electron chi connectivity index (χ0n) is 10.7. The molecule has 0 radical (unpaired) electrons. The maximum absolute atomic E-state index is 11.6. The van der Waals surface area contributed by atoms with Crippen molar-refractivity contribution < 1.29 is 0 Å². The summed E-state index contributed by atoms with van der Waals surface area (Å²) in [6.07, 6.45) is 10.3. The minimum absolute atomic E-state index is 0.194. The van der Waals surface area contributed by atoms with Crippen LogP contribution in [0.4, 0.5) is 5.69 Å². The van der Waals surface area contributed by atoms with Crippen LogP contribution in [-0.2, 0) is 6.42 Å². The number of anilines is 1. The predicted octanol–water partition coefficient (Wildman–Crippen LogP) is 1.08. The van der Waals surface area contributed by atoms with Crippen molar-refractivity contribution in [1.82, 2.24) is 10.3 Å². The van der Waals surface area contributed by atoms with E-state index in [1.807, 2.05) is 30.8 Å². The fourth-order valence-corrected chi connectivity index (χ4v) is 2.73. The van der Waals surface area contributed by atoms with Gasteiger partial charge in [-0.3, -0.25) is 4.79 Å². The lowest BCUT2D eigenvalue weighted by molar-refractivity contribution is 0.908. The van der Waals surface area contributed by atoms with Gasteiger partial charge in [0.1, 0.15) is 5.82 Å². The number of hydrogen-bond donors (Lipinski definition) is 1. The summed E-state index contributed by atoms with van der Waals surface area (Å²) in [6, 6.07) is 3.30. The van der Waals surface area contributed by atoms with Crippen LogP contribution < -0.4 is 15.8 Å². The lowest BCUT2D eigenvalue weighted by Gasteiger charge is -2.25. The zero-order valence-corrected chi connectivity index (χ0v) is 10.7. The van der Waals surface area contributed by atoms with Crippen molar-refractivity contribution in [2.45, 2.75) is 6.42 Å². The molecular formula is C15H12N4O. The number of hydrogen-bond acceptors (Lipinski definition) is 5. The Morgan fingerprint density at radius 3 is 2.90 bits per heavy atom. The van der Waals surface area contributed by atoms with Gasteiger partial charge in [0.2, 0.25) is 0 Å². The highest BCUT2D eigenvalue weighted by Crippen LogP contribution is 2.36. The number of nitrogens with one attached hydrogen (secondary N) is 1. The van der Waals surface area contributed by atoms with Crippen LogP contribution in [0.2, 0.25) is 0 Å². The molecule has 4 rings (SSSR count). The maximum Gasteiger partial charge on any atom is 0.270 e. The molecule has 0 aromatic carbocycles. The van der Waals surface area contributed by atoms with Crippen LogP contribution in [0.25, 0.3) is 0 Å². The molecule has 3 aliphatic rings. The van der Waals surface area contributed by atoms with E-state index in [1.165, 1.54) is 6.07 Å². The van der Waals surface area contributed by atoms with Crippen LogP contribution in [0, 0.1) is 0 Å². The van der Waals surface area contributed by atoms with Gasteiger partial charge in [-0.2, -0.15) is 0 Å². The molecule has 1 aromatic rings. The van der Waals surface area contributed by atoms with Crippen molar-refractivity contribution in [3.63, 3.8) is 0 Å². The molecule has 0 saturated heterocycles. The van der Waals surface area contributed by atoms with Gasteiger partial charge in [0.15, 0.2) is 0 Å². The molecule has 0 saturated carbocycles. The second kappa shape index (κ2) is 4.16. The minimum atomic E-state index is -0.194. The van der Waals surface area contributed by atoms with Crippen molar-refractivity contribution in [2.75, 3.05) is 11.4 Å². The smallest absolute Gasteiger partial charge is 0.270 e. The van der Waals surface area contributed by atoms with Gasteiger partial charge in [0.05, 0.1) is 11.4 Å². The normalized spacial score (nSPS) is 18.3. The first-order chi connectivity index (χ1) is 9.83. The molecule has 5 heteroatoms. The van der Waals surface area contributed by atoms with E-state index in [-0.39, 0.29) is 5.56 Å². The Morgan fingerprint density at radius 2 is 2.05 bits per heavy atom. The summed E-state index contributed by atoms with van der Waals surface area (Å²) in [4.78, 5) is 22.5. The Morgan fingerprint density at radius 1 is 1.20 bits per heavy atom.